The van der Waals surface area contributed by atoms with Gasteiger partial charge >= 0.3 is 0 Å². The highest BCUT2D eigenvalue weighted by atomic mass is 15.1. The van der Waals surface area contributed by atoms with E-state index in [2.05, 4.69) is 267 Å². The highest BCUT2D eigenvalue weighted by Crippen LogP contribution is 2.49. The van der Waals surface area contributed by atoms with E-state index >= 15 is 0 Å². The summed E-state index contributed by atoms with van der Waals surface area (Å²) in [6.07, 6.45) is 3.82. The number of para-hydroxylation sites is 1. The Balaban J connectivity index is 1.02. The van der Waals surface area contributed by atoms with E-state index in [9.17, 15) is 0 Å². The van der Waals surface area contributed by atoms with E-state index in [0.29, 0.717) is 0 Å². The minimum Gasteiger partial charge on any atom is -0.310 e. The van der Waals surface area contributed by atoms with Crippen molar-refractivity contribution in [3.8, 4) is 44.5 Å². The van der Waals surface area contributed by atoms with Gasteiger partial charge < -0.3 is 4.90 Å². The molecular weight excluding hydrogens is 855 g/mol. The zero-order valence-electron chi connectivity index (χ0n) is 39.2. The summed E-state index contributed by atoms with van der Waals surface area (Å²) in [5.41, 5.74) is 15.1. The molecule has 13 aromatic rings. The number of anilines is 3. The summed E-state index contributed by atoms with van der Waals surface area (Å²) < 4.78 is 0. The van der Waals surface area contributed by atoms with Crippen LogP contribution in [-0.4, -0.2) is 0 Å². The average molecular weight is 902 g/mol. The van der Waals surface area contributed by atoms with Crippen molar-refractivity contribution in [3.63, 3.8) is 0 Å². The Morgan fingerprint density at radius 1 is 0.239 bits per heavy atom. The fourth-order valence-electron chi connectivity index (χ4n) is 11.3. The first-order valence-electron chi connectivity index (χ1n) is 24.4. The van der Waals surface area contributed by atoms with Crippen molar-refractivity contribution < 1.29 is 0 Å². The van der Waals surface area contributed by atoms with Crippen LogP contribution in [-0.2, 0) is 0 Å². The summed E-state index contributed by atoms with van der Waals surface area (Å²) in [5.74, 6) is 0. The van der Waals surface area contributed by atoms with Crippen LogP contribution < -0.4 is 4.90 Å². The summed E-state index contributed by atoms with van der Waals surface area (Å²) in [5, 5.41) is 14.7. The van der Waals surface area contributed by atoms with Crippen LogP contribution in [0.25, 0.3) is 121 Å². The van der Waals surface area contributed by atoms with E-state index in [-0.39, 0.29) is 0 Å². The van der Waals surface area contributed by atoms with Gasteiger partial charge in [0.2, 0.25) is 0 Å². The van der Waals surface area contributed by atoms with Gasteiger partial charge in [-0.05, 0) is 175 Å². The average Bonchev–Trinajstić information content (AvgIpc) is 3.44. The number of hydrogen-bond acceptors (Lipinski definition) is 1. The first kappa shape index (κ1) is 41.9. The molecular formula is C70H47N. The van der Waals surface area contributed by atoms with Crippen LogP contribution in [0.15, 0.2) is 262 Å². The van der Waals surface area contributed by atoms with E-state index < -0.39 is 0 Å². The van der Waals surface area contributed by atoms with Crippen LogP contribution in [0.4, 0.5) is 17.1 Å². The van der Waals surface area contributed by atoms with Gasteiger partial charge in [0.05, 0.1) is 0 Å². The van der Waals surface area contributed by atoms with E-state index in [1.165, 1.54) is 98.0 Å². The van der Waals surface area contributed by atoms with Gasteiger partial charge in [-0.25, -0.2) is 0 Å². The Hall–Kier alpha value is -9.30. The lowest BCUT2D eigenvalue weighted by Crippen LogP contribution is -2.10. The highest BCUT2D eigenvalue weighted by Gasteiger charge is 2.22. The Morgan fingerprint density at radius 3 is 1.11 bits per heavy atom. The lowest BCUT2D eigenvalue weighted by Gasteiger charge is -2.27. The minimum absolute atomic E-state index is 1.07. The van der Waals surface area contributed by atoms with Gasteiger partial charge in [0.25, 0.3) is 0 Å². The molecule has 13 aromatic carbocycles. The van der Waals surface area contributed by atoms with Crippen molar-refractivity contribution in [2.45, 2.75) is 0 Å². The molecule has 0 aliphatic rings. The molecule has 0 heterocycles. The van der Waals surface area contributed by atoms with Crippen LogP contribution in [0, 0.1) is 0 Å². The Bertz CT molecular complexity index is 4200. The van der Waals surface area contributed by atoms with Crippen LogP contribution in [0.3, 0.4) is 0 Å². The molecule has 0 atom stereocenters. The van der Waals surface area contributed by atoms with Gasteiger partial charge in [0, 0.05) is 17.1 Å². The second-order valence-electron chi connectivity index (χ2n) is 18.5. The van der Waals surface area contributed by atoms with Crippen LogP contribution in [0.5, 0.6) is 0 Å². The quantitative estimate of drug-likeness (QED) is 0.131. The van der Waals surface area contributed by atoms with Gasteiger partial charge in [0.1, 0.15) is 0 Å². The topological polar surface area (TPSA) is 3.24 Å². The fourth-order valence-corrected chi connectivity index (χ4v) is 11.3. The smallest absolute Gasteiger partial charge is 0.0468 e. The fraction of sp³-hybridized carbons (Fsp3) is 0. The lowest BCUT2D eigenvalue weighted by molar-refractivity contribution is 1.29. The number of nitrogens with zero attached hydrogens (tertiary/aromatic N) is 1. The van der Waals surface area contributed by atoms with E-state index in [1.54, 1.807) is 0 Å². The summed E-state index contributed by atoms with van der Waals surface area (Å²) in [6, 6.07) is 91.5. The van der Waals surface area contributed by atoms with Gasteiger partial charge in [0.15, 0.2) is 0 Å². The number of hydrogen-bond donors (Lipinski definition) is 0. The van der Waals surface area contributed by atoms with Crippen molar-refractivity contribution in [2.24, 2.45) is 0 Å². The molecule has 0 saturated heterocycles. The summed E-state index contributed by atoms with van der Waals surface area (Å²) in [4.78, 5) is 2.40. The third-order valence-electron chi connectivity index (χ3n) is 14.5. The van der Waals surface area contributed by atoms with Crippen molar-refractivity contribution in [2.75, 3.05) is 4.90 Å². The lowest BCUT2D eigenvalue weighted by atomic mass is 9.85. The monoisotopic (exact) mass is 901 g/mol. The van der Waals surface area contributed by atoms with Crippen LogP contribution in [0.1, 0.15) is 11.1 Å². The number of rotatable bonds is 9. The molecule has 0 saturated carbocycles. The van der Waals surface area contributed by atoms with Crippen molar-refractivity contribution >= 4 is 93.8 Å². The zero-order chi connectivity index (χ0) is 47.4. The zero-order valence-corrected chi connectivity index (χ0v) is 39.2. The Labute approximate surface area is 414 Å². The van der Waals surface area contributed by atoms with E-state index in [1.807, 2.05) is 12.2 Å². The molecule has 0 bridgehead atoms. The first-order chi connectivity index (χ1) is 35.1. The minimum atomic E-state index is 1.07. The summed E-state index contributed by atoms with van der Waals surface area (Å²) in [6.45, 7) is 8.19. The molecule has 0 N–H and O–H groups in total. The second-order valence-corrected chi connectivity index (χ2v) is 18.5. The molecule has 0 radical (unpaired) electrons. The third-order valence-corrected chi connectivity index (χ3v) is 14.5. The van der Waals surface area contributed by atoms with Crippen LogP contribution in [0.2, 0.25) is 0 Å². The molecule has 1 nitrogen and oxygen atoms in total. The van der Waals surface area contributed by atoms with Crippen molar-refractivity contribution in [1.82, 2.24) is 0 Å². The van der Waals surface area contributed by atoms with Gasteiger partial charge in [-0.2, -0.15) is 0 Å². The molecule has 0 amide bonds. The van der Waals surface area contributed by atoms with Crippen LogP contribution >= 0.6 is 0 Å². The van der Waals surface area contributed by atoms with E-state index in [4.69, 9.17) is 0 Å². The highest BCUT2D eigenvalue weighted by molar-refractivity contribution is 6.24. The molecule has 1 heteroatoms. The molecule has 0 fully saturated rings. The second kappa shape index (κ2) is 17.3. The molecule has 332 valence electrons. The van der Waals surface area contributed by atoms with Crippen molar-refractivity contribution in [1.29, 1.82) is 0 Å². The normalized spacial score (nSPS) is 11.5. The predicted octanol–water partition coefficient (Wildman–Crippen LogP) is 20.0. The predicted molar refractivity (Wildman–Crippen MR) is 308 cm³/mol. The van der Waals surface area contributed by atoms with E-state index in [0.717, 1.165) is 39.3 Å². The molecule has 71 heavy (non-hydrogen) atoms. The maximum atomic E-state index is 4.13. The largest absolute Gasteiger partial charge is 0.310 e. The van der Waals surface area contributed by atoms with Gasteiger partial charge in [-0.3, -0.25) is 0 Å². The summed E-state index contributed by atoms with van der Waals surface area (Å²) >= 11 is 0. The Kier molecular flexibility index (Phi) is 10.2. The molecule has 0 unspecified atom stereocenters. The maximum Gasteiger partial charge on any atom is 0.0468 e. The molecule has 13 rings (SSSR count). The number of benzene rings is 13. The first-order valence-corrected chi connectivity index (χ1v) is 24.4. The maximum absolute atomic E-state index is 4.13. The Morgan fingerprint density at radius 2 is 0.606 bits per heavy atom. The third kappa shape index (κ3) is 7.09. The standard InChI is InChI=1S/C70H47N/c1-3-46-30-33-53(42-47(46)4-2)68-61-26-14-12-24-59(61)67(60-25-13-15-27-62(60)68)50-36-38-57(39-37-50)71(56-22-6-5-7-23-56)58-40-41-65-66(45-58)70(55-35-32-49-19-9-11-21-52(49)44-55)64-29-17-16-28-63(64)69(65)54-34-31-48-18-8-10-20-51(48)43-54/h3-45H,1-2H2. The molecule has 0 aliphatic heterocycles. The van der Waals surface area contributed by atoms with Gasteiger partial charge in [-0.15, -0.1) is 0 Å². The SMILES string of the molecule is C=Cc1ccc(-c2c3ccccc3c(-c3ccc(N(c4ccccc4)c4ccc5c(-c6ccc7ccccc7c6)c6ccccc6c(-c6ccc7ccccc7c6)c5c4)cc3)c3ccccc23)cc1C=C. The molecule has 0 aliphatic carbocycles. The molecule has 0 spiro atoms. The molecule has 0 aromatic heterocycles. The number of fused-ring (bicyclic) bond motifs is 6. The van der Waals surface area contributed by atoms with Crippen molar-refractivity contribution in [3.05, 3.63) is 273 Å². The summed E-state index contributed by atoms with van der Waals surface area (Å²) in [7, 11) is 0. The van der Waals surface area contributed by atoms with Gasteiger partial charge in [-0.1, -0.05) is 219 Å².